The molecule has 0 unspecified atom stereocenters. The molecule has 0 amide bonds. The van der Waals surface area contributed by atoms with Gasteiger partial charge < -0.3 is 33.7 Å². The first-order valence-electron chi connectivity index (χ1n) is 12.7. The normalized spacial score (nSPS) is 16.9. The van der Waals surface area contributed by atoms with Crippen LogP contribution < -0.4 is 14.8 Å². The Bertz CT molecular complexity index is 1170. The lowest BCUT2D eigenvalue weighted by atomic mass is 10.1. The number of nitro benzene ring substituents is 2. The van der Waals surface area contributed by atoms with E-state index in [1.54, 1.807) is 0 Å². The monoisotopic (exact) mass is 589 g/mol. The highest BCUT2D eigenvalue weighted by molar-refractivity contribution is 5.77. The number of anilines is 2. The van der Waals surface area contributed by atoms with Crippen molar-refractivity contribution in [2.45, 2.75) is 19.0 Å². The first-order chi connectivity index (χ1) is 19.7. The number of benzene rings is 2. The lowest BCUT2D eigenvalue weighted by Gasteiger charge is -2.17. The molecule has 1 aliphatic rings. The van der Waals surface area contributed by atoms with Gasteiger partial charge in [0.2, 0.25) is 0 Å². The number of hydrogen-bond acceptors (Lipinski definition) is 11. The second-order valence-corrected chi connectivity index (χ2v) is 8.54. The lowest BCUT2D eigenvalue weighted by Crippen LogP contribution is -2.14. The van der Waals surface area contributed by atoms with E-state index in [1.807, 2.05) is 0 Å². The summed E-state index contributed by atoms with van der Waals surface area (Å²) in [6, 6.07) is 4.83. The minimum Gasteiger partial charge on any atom is -0.490 e. The summed E-state index contributed by atoms with van der Waals surface area (Å²) in [4.78, 5) is 20.4. The fourth-order valence-corrected chi connectivity index (χ4v) is 3.63. The van der Waals surface area contributed by atoms with E-state index in [4.69, 9.17) is 28.4 Å². The third-order valence-electron chi connectivity index (χ3n) is 5.53. The Morgan fingerprint density at radius 3 is 1.73 bits per heavy atom. The molecule has 0 saturated heterocycles. The summed E-state index contributed by atoms with van der Waals surface area (Å²) in [6.45, 7) is 3.61. The molecule has 3 rings (SSSR count). The largest absolute Gasteiger partial charge is 0.490 e. The van der Waals surface area contributed by atoms with Gasteiger partial charge in [-0.2, -0.15) is 13.2 Å². The van der Waals surface area contributed by atoms with Gasteiger partial charge in [0.25, 0.3) is 11.4 Å². The van der Waals surface area contributed by atoms with Gasteiger partial charge in [-0.25, -0.2) is 0 Å². The number of ether oxygens (including phenoxy) is 6. The highest BCUT2D eigenvalue weighted by Gasteiger charge is 2.39. The van der Waals surface area contributed by atoms with Crippen molar-refractivity contribution in [2.75, 3.05) is 71.4 Å². The Labute approximate surface area is 232 Å². The molecule has 0 aromatic heterocycles. The molecule has 2 aromatic rings. The maximum absolute atomic E-state index is 13.8. The van der Waals surface area contributed by atoms with Crippen LogP contribution in [0.25, 0.3) is 0 Å². The van der Waals surface area contributed by atoms with Crippen molar-refractivity contribution in [1.82, 2.24) is 0 Å². The number of halogens is 3. The van der Waals surface area contributed by atoms with Gasteiger partial charge in [0.05, 0.1) is 74.3 Å². The summed E-state index contributed by atoms with van der Waals surface area (Å²) in [7, 11) is 0. The van der Waals surface area contributed by atoms with E-state index in [2.05, 4.69) is 5.32 Å². The molecule has 0 radical (unpaired) electrons. The molecule has 226 valence electrons. The second kappa shape index (κ2) is 15.9. The zero-order chi connectivity index (χ0) is 29.7. The lowest BCUT2D eigenvalue weighted by molar-refractivity contribution is -0.394. The molecule has 2 aromatic carbocycles. The highest BCUT2D eigenvalue weighted by Crippen LogP contribution is 2.44. The van der Waals surface area contributed by atoms with Gasteiger partial charge in [-0.1, -0.05) is 0 Å². The van der Waals surface area contributed by atoms with E-state index in [1.165, 1.54) is 18.2 Å². The molecule has 0 aliphatic carbocycles. The number of nitrogens with zero attached hydrogens (tertiary/aromatic N) is 2. The second-order valence-electron chi connectivity index (χ2n) is 8.54. The summed E-state index contributed by atoms with van der Waals surface area (Å²) in [5, 5.41) is 25.1. The molecule has 1 heterocycles. The Morgan fingerprint density at radius 1 is 0.683 bits per heavy atom. The van der Waals surface area contributed by atoms with Gasteiger partial charge in [0.1, 0.15) is 5.69 Å². The zero-order valence-electron chi connectivity index (χ0n) is 22.0. The fraction of sp³-hybridized carbons (Fsp3) is 0.520. The zero-order valence-corrected chi connectivity index (χ0v) is 22.0. The van der Waals surface area contributed by atoms with Crippen LogP contribution in [0.4, 0.5) is 35.9 Å². The van der Waals surface area contributed by atoms with E-state index in [0.717, 1.165) is 0 Å². The molecule has 13 nitrogen and oxygen atoms in total. The number of hydrogen-bond donors (Lipinski definition) is 1. The van der Waals surface area contributed by atoms with Crippen molar-refractivity contribution in [1.29, 1.82) is 0 Å². The van der Waals surface area contributed by atoms with E-state index in [0.29, 0.717) is 71.8 Å². The maximum atomic E-state index is 13.8. The van der Waals surface area contributed by atoms with Crippen LogP contribution in [0.15, 0.2) is 30.3 Å². The Morgan fingerprint density at radius 2 is 1.22 bits per heavy atom. The van der Waals surface area contributed by atoms with Crippen molar-refractivity contribution in [3.63, 3.8) is 0 Å². The van der Waals surface area contributed by atoms with E-state index >= 15 is 0 Å². The number of nitrogens with one attached hydrogen (secondary N) is 1. The average Bonchev–Trinajstić information content (AvgIpc) is 2.91. The molecule has 16 heteroatoms. The third kappa shape index (κ3) is 10.3. The van der Waals surface area contributed by atoms with Crippen LogP contribution >= 0.6 is 0 Å². The van der Waals surface area contributed by atoms with E-state index in [-0.39, 0.29) is 36.5 Å². The highest BCUT2D eigenvalue weighted by atomic mass is 19.4. The van der Waals surface area contributed by atoms with Crippen LogP contribution in [0.1, 0.15) is 18.4 Å². The predicted molar refractivity (Wildman–Crippen MR) is 138 cm³/mol. The first-order valence-corrected chi connectivity index (χ1v) is 12.7. The molecule has 0 fully saturated rings. The number of nitro groups is 2. The van der Waals surface area contributed by atoms with Crippen molar-refractivity contribution >= 4 is 22.7 Å². The van der Waals surface area contributed by atoms with Crippen molar-refractivity contribution < 1.29 is 51.4 Å². The van der Waals surface area contributed by atoms with Crippen LogP contribution in [0.3, 0.4) is 0 Å². The van der Waals surface area contributed by atoms with Gasteiger partial charge in [-0.3, -0.25) is 20.2 Å². The molecule has 41 heavy (non-hydrogen) atoms. The van der Waals surface area contributed by atoms with E-state index in [9.17, 15) is 33.4 Å². The topological polar surface area (TPSA) is 154 Å². The Kier molecular flexibility index (Phi) is 12.3. The van der Waals surface area contributed by atoms with Crippen LogP contribution in [-0.4, -0.2) is 75.9 Å². The minimum absolute atomic E-state index is 0.000918. The molecular weight excluding hydrogens is 559 g/mol. The molecular formula is C25H30F3N3O10. The van der Waals surface area contributed by atoms with Crippen LogP contribution in [0, 0.1) is 20.2 Å². The van der Waals surface area contributed by atoms with E-state index < -0.39 is 38.6 Å². The molecule has 0 atom stereocenters. The SMILES string of the molecule is O=[N+]([O-])c1cc([N+](=O)[O-])c(Nc2ccc3c(c2)OCCCOCCOCCOCCOCCCO3)c(C(F)(F)F)c1. The predicted octanol–water partition coefficient (Wildman–Crippen LogP) is 4.88. The smallest absolute Gasteiger partial charge is 0.418 e. The molecule has 0 spiro atoms. The van der Waals surface area contributed by atoms with Gasteiger partial charge >= 0.3 is 6.18 Å². The van der Waals surface area contributed by atoms with Gasteiger partial charge in [0, 0.05) is 43.9 Å². The van der Waals surface area contributed by atoms with Gasteiger partial charge in [-0.15, -0.1) is 0 Å². The summed E-state index contributed by atoms with van der Waals surface area (Å²) in [6.07, 6.45) is -4.13. The van der Waals surface area contributed by atoms with Crippen molar-refractivity contribution in [3.8, 4) is 11.5 Å². The Balaban J connectivity index is 1.83. The van der Waals surface area contributed by atoms with Crippen LogP contribution in [0.2, 0.25) is 0 Å². The van der Waals surface area contributed by atoms with Gasteiger partial charge in [-0.05, 0) is 12.1 Å². The Hall–Kier alpha value is -3.73. The maximum Gasteiger partial charge on any atom is 0.418 e. The van der Waals surface area contributed by atoms with Crippen LogP contribution in [-0.2, 0) is 25.1 Å². The summed E-state index contributed by atoms with van der Waals surface area (Å²) < 4.78 is 74.8. The van der Waals surface area contributed by atoms with Crippen molar-refractivity contribution in [3.05, 3.63) is 56.1 Å². The minimum atomic E-state index is -5.13. The standard InChI is InChI=1S/C25H30F3N3O10/c26-25(27,28)20-16-19(30(32)33)17-21(31(34)35)24(20)29-18-3-4-22-23(15-18)41-8-2-6-37-10-12-39-14-13-38-11-9-36-5-1-7-40-22/h3-4,15-17,29H,1-2,5-14H2. The quantitative estimate of drug-likeness (QED) is 0.383. The molecule has 0 saturated carbocycles. The molecule has 0 bridgehead atoms. The van der Waals surface area contributed by atoms with Gasteiger partial charge in [0.15, 0.2) is 11.5 Å². The number of non-ortho nitro benzene ring substituents is 1. The summed E-state index contributed by atoms with van der Waals surface area (Å²) in [5.41, 5.74) is -4.68. The average molecular weight is 590 g/mol. The number of rotatable bonds is 4. The molecule has 1 N–H and O–H groups in total. The first kappa shape index (κ1) is 31.8. The summed E-state index contributed by atoms with van der Waals surface area (Å²) in [5.74, 6) is 0.456. The third-order valence-corrected chi connectivity index (χ3v) is 5.53. The fourth-order valence-electron chi connectivity index (χ4n) is 3.63. The number of fused-ring (bicyclic) bond motifs is 1. The van der Waals surface area contributed by atoms with Crippen LogP contribution in [0.5, 0.6) is 11.5 Å². The molecule has 1 aliphatic heterocycles. The number of alkyl halides is 3. The van der Waals surface area contributed by atoms with Crippen molar-refractivity contribution in [2.24, 2.45) is 0 Å². The summed E-state index contributed by atoms with van der Waals surface area (Å²) >= 11 is 0.